The number of carboxylic acid groups (broad SMARTS) is 1. The lowest BCUT2D eigenvalue weighted by molar-refractivity contribution is -0.192. The molecule has 1 aliphatic heterocycles. The molecule has 152 valence electrons. The average Bonchev–Trinajstić information content (AvgIpc) is 3.24. The number of carbonyl (C=O) groups is 2. The van der Waals surface area contributed by atoms with E-state index in [-0.39, 0.29) is 11.9 Å². The smallest absolute Gasteiger partial charge is 0.475 e. The lowest BCUT2D eigenvalue weighted by Crippen LogP contribution is -2.37. The molecule has 1 aromatic heterocycles. The van der Waals surface area contributed by atoms with E-state index in [4.69, 9.17) is 14.3 Å². The van der Waals surface area contributed by atoms with Crippen molar-refractivity contribution in [3.05, 3.63) is 53.7 Å². The molecule has 0 unspecified atom stereocenters. The van der Waals surface area contributed by atoms with E-state index in [0.29, 0.717) is 11.5 Å². The highest BCUT2D eigenvalue weighted by Crippen LogP contribution is 2.15. The number of rotatable bonds is 4. The largest absolute Gasteiger partial charge is 0.490 e. The zero-order valence-corrected chi connectivity index (χ0v) is 15.1. The van der Waals surface area contributed by atoms with Crippen molar-refractivity contribution in [2.24, 2.45) is 0 Å². The summed E-state index contributed by atoms with van der Waals surface area (Å²) >= 11 is 0. The van der Waals surface area contributed by atoms with Gasteiger partial charge in [0.25, 0.3) is 5.91 Å². The normalized spacial score (nSPS) is 16.9. The Balaban J connectivity index is 0.000000345. The van der Waals surface area contributed by atoms with Gasteiger partial charge in [0.2, 0.25) is 5.76 Å². The molecule has 2 N–H and O–H groups in total. The quantitative estimate of drug-likeness (QED) is 0.821. The molecule has 0 saturated carbocycles. The zero-order chi connectivity index (χ0) is 20.7. The van der Waals surface area contributed by atoms with Gasteiger partial charge in [0, 0.05) is 25.7 Å². The van der Waals surface area contributed by atoms with Crippen LogP contribution in [0, 0.1) is 6.92 Å². The van der Waals surface area contributed by atoms with Crippen LogP contribution < -0.4 is 5.32 Å². The Labute approximate surface area is 159 Å². The number of nitrogens with one attached hydrogen (secondary N) is 1. The maximum Gasteiger partial charge on any atom is 0.490 e. The lowest BCUT2D eigenvalue weighted by Gasteiger charge is -2.16. The number of halogens is 3. The van der Waals surface area contributed by atoms with Crippen molar-refractivity contribution in [1.82, 2.24) is 15.2 Å². The number of oxazole rings is 1. The van der Waals surface area contributed by atoms with Gasteiger partial charge in [-0.3, -0.25) is 9.69 Å². The first kappa shape index (κ1) is 21.4. The van der Waals surface area contributed by atoms with Crippen LogP contribution in [0.5, 0.6) is 0 Å². The molecule has 0 aliphatic carbocycles. The summed E-state index contributed by atoms with van der Waals surface area (Å²) in [6.07, 6.45) is -2.81. The molecule has 1 aliphatic rings. The third-order valence-electron chi connectivity index (χ3n) is 4.05. The van der Waals surface area contributed by atoms with Crippen molar-refractivity contribution in [3.63, 3.8) is 0 Å². The summed E-state index contributed by atoms with van der Waals surface area (Å²) in [5.74, 6) is -2.61. The lowest BCUT2D eigenvalue weighted by atomic mass is 10.2. The molecule has 0 spiro atoms. The first-order valence-corrected chi connectivity index (χ1v) is 8.44. The second-order valence-corrected chi connectivity index (χ2v) is 6.25. The van der Waals surface area contributed by atoms with E-state index in [9.17, 15) is 18.0 Å². The molecule has 3 rings (SSSR count). The summed E-state index contributed by atoms with van der Waals surface area (Å²) in [6, 6.07) is 10.6. The number of benzene rings is 1. The van der Waals surface area contributed by atoms with E-state index in [0.717, 1.165) is 26.1 Å². The fourth-order valence-corrected chi connectivity index (χ4v) is 2.71. The first-order chi connectivity index (χ1) is 13.2. The van der Waals surface area contributed by atoms with Gasteiger partial charge in [0.1, 0.15) is 0 Å². The van der Waals surface area contributed by atoms with Crippen LogP contribution >= 0.6 is 0 Å². The Hall–Kier alpha value is -2.88. The monoisotopic (exact) mass is 399 g/mol. The fourth-order valence-electron chi connectivity index (χ4n) is 2.71. The van der Waals surface area contributed by atoms with Crippen molar-refractivity contribution >= 4 is 11.9 Å². The van der Waals surface area contributed by atoms with E-state index in [1.165, 1.54) is 12.0 Å². The summed E-state index contributed by atoms with van der Waals surface area (Å²) in [6.45, 7) is 4.56. The molecule has 2 heterocycles. The minimum Gasteiger partial charge on any atom is -0.475 e. The maximum atomic E-state index is 12.1. The second kappa shape index (κ2) is 9.36. The zero-order valence-electron chi connectivity index (χ0n) is 15.1. The van der Waals surface area contributed by atoms with Crippen molar-refractivity contribution in [1.29, 1.82) is 0 Å². The van der Waals surface area contributed by atoms with Crippen LogP contribution in [0.4, 0.5) is 13.2 Å². The van der Waals surface area contributed by atoms with Crippen LogP contribution in [0.25, 0.3) is 0 Å². The molecule has 7 nitrogen and oxygen atoms in total. The summed E-state index contributed by atoms with van der Waals surface area (Å²) in [7, 11) is 0. The first-order valence-electron chi connectivity index (χ1n) is 8.44. The van der Waals surface area contributed by atoms with Crippen molar-refractivity contribution in [2.75, 3.05) is 13.1 Å². The number of likely N-dealkylation sites (tertiary alicyclic amines) is 1. The van der Waals surface area contributed by atoms with E-state index < -0.39 is 12.1 Å². The number of amides is 1. The van der Waals surface area contributed by atoms with Gasteiger partial charge in [-0.25, -0.2) is 9.78 Å². The molecular formula is C18H20F3N3O4. The van der Waals surface area contributed by atoms with Crippen molar-refractivity contribution < 1.29 is 32.3 Å². The summed E-state index contributed by atoms with van der Waals surface area (Å²) in [5, 5.41) is 10.1. The summed E-state index contributed by atoms with van der Waals surface area (Å²) in [5.41, 5.74) is 1.93. The molecule has 2 aromatic rings. The number of hydrogen-bond acceptors (Lipinski definition) is 5. The summed E-state index contributed by atoms with van der Waals surface area (Å²) in [4.78, 5) is 27.3. The van der Waals surface area contributed by atoms with E-state index >= 15 is 0 Å². The highest BCUT2D eigenvalue weighted by atomic mass is 19.4. The fraction of sp³-hybridized carbons (Fsp3) is 0.389. The third-order valence-corrected chi connectivity index (χ3v) is 4.05. The predicted octanol–water partition coefficient (Wildman–Crippen LogP) is 2.62. The molecule has 0 bridgehead atoms. The van der Waals surface area contributed by atoms with E-state index in [1.807, 2.05) is 6.07 Å². The Kier molecular flexibility index (Phi) is 7.16. The molecule has 1 aromatic carbocycles. The molecule has 1 saturated heterocycles. The van der Waals surface area contributed by atoms with Crippen LogP contribution in [0.15, 0.2) is 41.1 Å². The molecule has 28 heavy (non-hydrogen) atoms. The Morgan fingerprint density at radius 1 is 1.32 bits per heavy atom. The van der Waals surface area contributed by atoms with Crippen LogP contribution in [-0.4, -0.2) is 52.2 Å². The van der Waals surface area contributed by atoms with E-state index in [2.05, 4.69) is 39.5 Å². The van der Waals surface area contributed by atoms with Gasteiger partial charge in [-0.1, -0.05) is 30.3 Å². The highest BCUT2D eigenvalue weighted by Gasteiger charge is 2.38. The van der Waals surface area contributed by atoms with Gasteiger partial charge in [0.15, 0.2) is 6.39 Å². The van der Waals surface area contributed by atoms with Crippen LogP contribution in [0.1, 0.15) is 28.2 Å². The van der Waals surface area contributed by atoms with Crippen molar-refractivity contribution in [2.45, 2.75) is 32.1 Å². The average molecular weight is 399 g/mol. The molecular weight excluding hydrogens is 379 g/mol. The number of nitrogens with zero attached hydrogens (tertiary/aromatic N) is 2. The standard InChI is InChI=1S/C16H19N3O2.C2HF3O2/c1-12-15(21-11-17-12)16(20)18-14-7-8-19(10-14)9-13-5-3-2-4-6-13;3-2(4,5)1(6)7/h2-6,11,14H,7-10H2,1H3,(H,18,20);(H,6,7)/t14-;/m0./s1. The Morgan fingerprint density at radius 2 is 1.96 bits per heavy atom. The Bertz CT molecular complexity index is 793. The highest BCUT2D eigenvalue weighted by molar-refractivity contribution is 5.92. The van der Waals surface area contributed by atoms with E-state index in [1.54, 1.807) is 6.92 Å². The maximum absolute atomic E-state index is 12.1. The van der Waals surface area contributed by atoms with Crippen LogP contribution in [0.3, 0.4) is 0 Å². The SMILES string of the molecule is Cc1ncoc1C(=O)N[C@H]1CCN(Cc2ccccc2)C1.O=C(O)C(F)(F)F. The second-order valence-electron chi connectivity index (χ2n) is 6.25. The number of aliphatic carboxylic acids is 1. The van der Waals surface area contributed by atoms with Gasteiger partial charge >= 0.3 is 12.1 Å². The van der Waals surface area contributed by atoms with Gasteiger partial charge in [0.05, 0.1) is 5.69 Å². The molecule has 10 heteroatoms. The molecule has 1 amide bonds. The van der Waals surface area contributed by atoms with Gasteiger partial charge in [-0.05, 0) is 18.9 Å². The van der Waals surface area contributed by atoms with Crippen LogP contribution in [0.2, 0.25) is 0 Å². The number of carbonyl (C=O) groups excluding carboxylic acids is 1. The van der Waals surface area contributed by atoms with Gasteiger partial charge in [-0.15, -0.1) is 0 Å². The summed E-state index contributed by atoms with van der Waals surface area (Å²) < 4.78 is 36.9. The predicted molar refractivity (Wildman–Crippen MR) is 92.5 cm³/mol. The van der Waals surface area contributed by atoms with Gasteiger partial charge in [-0.2, -0.15) is 13.2 Å². The van der Waals surface area contributed by atoms with Crippen LogP contribution in [-0.2, 0) is 11.3 Å². The van der Waals surface area contributed by atoms with Gasteiger partial charge < -0.3 is 14.8 Å². The molecule has 1 fully saturated rings. The third kappa shape index (κ3) is 6.38. The topological polar surface area (TPSA) is 95.7 Å². The molecule has 0 radical (unpaired) electrons. The van der Waals surface area contributed by atoms with Crippen molar-refractivity contribution in [3.8, 4) is 0 Å². The number of carboxylic acids is 1. The number of alkyl halides is 3. The number of hydrogen-bond donors (Lipinski definition) is 2. The molecule has 1 atom stereocenters. The minimum atomic E-state index is -5.08. The Morgan fingerprint density at radius 3 is 2.50 bits per heavy atom. The number of aryl methyl sites for hydroxylation is 1. The minimum absolute atomic E-state index is 0.170. The number of aromatic nitrogens is 1.